The van der Waals surface area contributed by atoms with E-state index in [-0.39, 0.29) is 18.2 Å². The number of carbonyl (C=O) groups excluding carboxylic acids is 2. The quantitative estimate of drug-likeness (QED) is 0.856. The third kappa shape index (κ3) is 3.98. The number of carbonyl (C=O) groups is 2. The van der Waals surface area contributed by atoms with Crippen molar-refractivity contribution >= 4 is 11.8 Å². The van der Waals surface area contributed by atoms with E-state index in [4.69, 9.17) is 5.73 Å². The number of rotatable bonds is 4. The van der Waals surface area contributed by atoms with Gasteiger partial charge in [0.2, 0.25) is 5.91 Å². The third-order valence-electron chi connectivity index (χ3n) is 3.45. The molecule has 2 rings (SSSR count). The van der Waals surface area contributed by atoms with Gasteiger partial charge < -0.3 is 16.0 Å². The molecule has 1 aliphatic heterocycles. The van der Waals surface area contributed by atoms with Gasteiger partial charge in [0.1, 0.15) is 11.6 Å². The molecule has 0 saturated carbocycles. The molecule has 1 aromatic rings. The molecule has 0 bridgehead atoms. The van der Waals surface area contributed by atoms with Crippen LogP contribution in [0, 0.1) is 11.6 Å². The van der Waals surface area contributed by atoms with Crippen molar-refractivity contribution in [2.45, 2.75) is 18.9 Å². The molecule has 1 fully saturated rings. The average molecular weight is 297 g/mol. The van der Waals surface area contributed by atoms with Gasteiger partial charge in [-0.25, -0.2) is 8.78 Å². The van der Waals surface area contributed by atoms with Gasteiger partial charge in [0, 0.05) is 17.7 Å². The molecule has 0 radical (unpaired) electrons. The molecule has 1 aliphatic rings. The zero-order valence-electron chi connectivity index (χ0n) is 11.4. The Morgan fingerprint density at radius 1 is 1.19 bits per heavy atom. The second kappa shape index (κ2) is 6.62. The lowest BCUT2D eigenvalue weighted by molar-refractivity contribution is -0.119. The van der Waals surface area contributed by atoms with Gasteiger partial charge in [-0.05, 0) is 38.1 Å². The van der Waals surface area contributed by atoms with E-state index in [1.807, 2.05) is 0 Å². The highest BCUT2D eigenvalue weighted by atomic mass is 19.1. The Morgan fingerprint density at radius 2 is 1.76 bits per heavy atom. The minimum atomic E-state index is -0.831. The molecular weight excluding hydrogens is 280 g/mol. The maximum atomic E-state index is 13.2. The first-order valence-electron chi connectivity index (χ1n) is 6.73. The summed E-state index contributed by atoms with van der Waals surface area (Å²) in [5, 5.41) is 3.15. The first kappa shape index (κ1) is 15.4. The molecule has 0 atom stereocenters. The number of nitrogens with zero attached hydrogens (tertiary/aromatic N) is 1. The van der Waals surface area contributed by atoms with Crippen LogP contribution in [0.2, 0.25) is 0 Å². The largest absolute Gasteiger partial charge is 0.368 e. The van der Waals surface area contributed by atoms with Crippen molar-refractivity contribution in [1.82, 2.24) is 10.2 Å². The summed E-state index contributed by atoms with van der Waals surface area (Å²) in [7, 11) is 0. The van der Waals surface area contributed by atoms with Gasteiger partial charge in [-0.3, -0.25) is 9.59 Å². The second-order valence-electron chi connectivity index (χ2n) is 5.04. The van der Waals surface area contributed by atoms with Crippen LogP contribution in [-0.4, -0.2) is 42.4 Å². The van der Waals surface area contributed by atoms with E-state index in [0.717, 1.165) is 12.1 Å². The van der Waals surface area contributed by atoms with Crippen LogP contribution in [0.4, 0.5) is 8.78 Å². The molecule has 1 aromatic carbocycles. The van der Waals surface area contributed by atoms with Crippen LogP contribution in [0.15, 0.2) is 18.2 Å². The van der Waals surface area contributed by atoms with Gasteiger partial charge in [-0.2, -0.15) is 0 Å². The lowest BCUT2D eigenvalue weighted by atomic mass is 10.0. The normalized spacial score (nSPS) is 15.7. The summed E-state index contributed by atoms with van der Waals surface area (Å²) >= 11 is 0. The highest BCUT2D eigenvalue weighted by Gasteiger charge is 2.27. The number of benzene rings is 1. The zero-order chi connectivity index (χ0) is 15.4. The maximum absolute atomic E-state index is 13.2. The van der Waals surface area contributed by atoms with Crippen LogP contribution in [0.1, 0.15) is 23.2 Å². The van der Waals surface area contributed by atoms with Crippen molar-refractivity contribution in [3.8, 4) is 0 Å². The summed E-state index contributed by atoms with van der Waals surface area (Å²) < 4.78 is 26.5. The van der Waals surface area contributed by atoms with E-state index in [0.29, 0.717) is 32.0 Å². The summed E-state index contributed by atoms with van der Waals surface area (Å²) in [5.74, 6) is -2.90. The average Bonchev–Trinajstić information content (AvgIpc) is 2.44. The van der Waals surface area contributed by atoms with E-state index in [1.165, 1.54) is 4.90 Å². The first-order valence-corrected chi connectivity index (χ1v) is 6.73. The molecule has 1 heterocycles. The van der Waals surface area contributed by atoms with Crippen LogP contribution >= 0.6 is 0 Å². The van der Waals surface area contributed by atoms with E-state index < -0.39 is 23.4 Å². The van der Waals surface area contributed by atoms with Crippen LogP contribution in [0.5, 0.6) is 0 Å². The van der Waals surface area contributed by atoms with Gasteiger partial charge in [0.15, 0.2) is 0 Å². The predicted molar refractivity (Wildman–Crippen MR) is 72.5 cm³/mol. The third-order valence-corrected chi connectivity index (χ3v) is 3.45. The molecule has 0 aromatic heterocycles. The number of hydrogen-bond donors (Lipinski definition) is 2. The van der Waals surface area contributed by atoms with Crippen molar-refractivity contribution in [3.63, 3.8) is 0 Å². The summed E-state index contributed by atoms with van der Waals surface area (Å²) in [6.45, 7) is 1.16. The zero-order valence-corrected chi connectivity index (χ0v) is 11.4. The lowest BCUT2D eigenvalue weighted by Crippen LogP contribution is -2.49. The molecule has 7 heteroatoms. The highest BCUT2D eigenvalue weighted by molar-refractivity contribution is 5.96. The molecular formula is C14H17F2N3O2. The Labute approximate surface area is 121 Å². The molecule has 5 nitrogen and oxygen atoms in total. The fourth-order valence-corrected chi connectivity index (χ4v) is 2.50. The summed E-state index contributed by atoms with van der Waals surface area (Å²) in [5.41, 5.74) is 5.06. The Kier molecular flexibility index (Phi) is 4.85. The Hall–Kier alpha value is -2.02. The van der Waals surface area contributed by atoms with E-state index in [9.17, 15) is 18.4 Å². The summed E-state index contributed by atoms with van der Waals surface area (Å²) in [4.78, 5) is 24.9. The Morgan fingerprint density at radius 3 is 2.29 bits per heavy atom. The van der Waals surface area contributed by atoms with E-state index in [1.54, 1.807) is 0 Å². The van der Waals surface area contributed by atoms with Gasteiger partial charge in [-0.15, -0.1) is 0 Å². The molecule has 0 unspecified atom stereocenters. The van der Waals surface area contributed by atoms with Crippen molar-refractivity contribution < 1.29 is 18.4 Å². The smallest absolute Gasteiger partial charge is 0.254 e. The summed E-state index contributed by atoms with van der Waals surface area (Å²) in [6, 6.07) is 2.44. The monoisotopic (exact) mass is 297 g/mol. The Bertz CT molecular complexity index is 525. The van der Waals surface area contributed by atoms with E-state index in [2.05, 4.69) is 5.32 Å². The minimum absolute atomic E-state index is 0.118. The molecule has 1 saturated heterocycles. The number of nitrogens with one attached hydrogen (secondary N) is 1. The lowest BCUT2D eigenvalue weighted by Gasteiger charge is -2.34. The summed E-state index contributed by atoms with van der Waals surface area (Å²) in [6.07, 6.45) is 1.33. The van der Waals surface area contributed by atoms with Gasteiger partial charge in [0.25, 0.3) is 5.91 Å². The maximum Gasteiger partial charge on any atom is 0.254 e. The molecule has 0 spiro atoms. The van der Waals surface area contributed by atoms with Crippen LogP contribution < -0.4 is 11.1 Å². The van der Waals surface area contributed by atoms with E-state index >= 15 is 0 Å². The standard InChI is InChI=1S/C14H17F2N3O2/c15-10-5-9(6-11(16)7-10)14(21)19(8-13(17)20)12-1-3-18-4-2-12/h5-7,12,18H,1-4,8H2,(H2,17,20). The number of hydrogen-bond acceptors (Lipinski definition) is 3. The van der Waals surface area contributed by atoms with Crippen LogP contribution in [-0.2, 0) is 4.79 Å². The van der Waals surface area contributed by atoms with Crippen molar-refractivity contribution in [2.24, 2.45) is 5.73 Å². The molecule has 0 aliphatic carbocycles. The van der Waals surface area contributed by atoms with Gasteiger partial charge in [-0.1, -0.05) is 0 Å². The predicted octanol–water partition coefficient (Wildman–Crippen LogP) is 0.644. The topological polar surface area (TPSA) is 75.4 Å². The fourth-order valence-electron chi connectivity index (χ4n) is 2.50. The van der Waals surface area contributed by atoms with Crippen molar-refractivity contribution in [3.05, 3.63) is 35.4 Å². The van der Waals surface area contributed by atoms with Crippen LogP contribution in [0.25, 0.3) is 0 Å². The van der Waals surface area contributed by atoms with Crippen molar-refractivity contribution in [1.29, 1.82) is 0 Å². The molecule has 2 amide bonds. The molecule has 114 valence electrons. The van der Waals surface area contributed by atoms with Gasteiger partial charge in [0.05, 0.1) is 6.54 Å². The number of amides is 2. The van der Waals surface area contributed by atoms with Crippen molar-refractivity contribution in [2.75, 3.05) is 19.6 Å². The highest BCUT2D eigenvalue weighted by Crippen LogP contribution is 2.17. The Balaban J connectivity index is 2.25. The molecule has 3 N–H and O–H groups in total. The second-order valence-corrected chi connectivity index (χ2v) is 5.04. The van der Waals surface area contributed by atoms with Gasteiger partial charge >= 0.3 is 0 Å². The molecule has 21 heavy (non-hydrogen) atoms. The SMILES string of the molecule is NC(=O)CN(C(=O)c1cc(F)cc(F)c1)C1CCNCC1. The minimum Gasteiger partial charge on any atom is -0.368 e. The number of halogens is 2. The number of piperidine rings is 1. The first-order chi connectivity index (χ1) is 9.97. The fraction of sp³-hybridized carbons (Fsp3) is 0.429. The number of nitrogens with two attached hydrogens (primary N) is 1. The number of primary amides is 1. The van der Waals surface area contributed by atoms with Crippen LogP contribution in [0.3, 0.4) is 0 Å².